The van der Waals surface area contributed by atoms with Gasteiger partial charge in [0, 0.05) is 55.5 Å². The molecule has 2 fully saturated rings. The van der Waals surface area contributed by atoms with Crippen LogP contribution in [-0.4, -0.2) is 77.2 Å². The predicted molar refractivity (Wildman–Crippen MR) is 154 cm³/mol. The number of aromatic nitrogens is 1. The summed E-state index contributed by atoms with van der Waals surface area (Å²) >= 11 is 7.95. The Morgan fingerprint density at radius 1 is 1.03 bits per heavy atom. The molecule has 6 rings (SSSR count). The first-order chi connectivity index (χ1) is 18.4. The first kappa shape index (κ1) is 25.7. The van der Waals surface area contributed by atoms with Crippen molar-refractivity contribution in [2.45, 2.75) is 51.5 Å². The number of carbonyl (C=O) groups excluding carboxylic acids is 1. The lowest BCUT2D eigenvalue weighted by Gasteiger charge is -2.35. The maximum absolute atomic E-state index is 13.4. The maximum Gasteiger partial charge on any atom is 0.345 e. The van der Waals surface area contributed by atoms with Gasteiger partial charge in [0.25, 0.3) is 0 Å². The number of piperazine rings is 1. The first-order valence-corrected chi connectivity index (χ1v) is 15.1. The van der Waals surface area contributed by atoms with Gasteiger partial charge < -0.3 is 24.4 Å². The molecule has 3 aromatic rings. The fourth-order valence-electron chi connectivity index (χ4n) is 6.60. The molecule has 0 radical (unpaired) electrons. The zero-order valence-corrected chi connectivity index (χ0v) is 23.5. The van der Waals surface area contributed by atoms with Crippen molar-refractivity contribution in [3.8, 4) is 11.3 Å². The van der Waals surface area contributed by atoms with Crippen LogP contribution in [0.15, 0.2) is 24.3 Å². The Balaban J connectivity index is 1.42. The van der Waals surface area contributed by atoms with Gasteiger partial charge in [-0.15, -0.1) is 11.3 Å². The van der Waals surface area contributed by atoms with Gasteiger partial charge in [0.2, 0.25) is 5.91 Å². The zero-order valence-electron chi connectivity index (χ0n) is 21.9. The lowest BCUT2D eigenvalue weighted by molar-refractivity contribution is -0.131. The third-order valence-corrected chi connectivity index (χ3v) is 10.0. The van der Waals surface area contributed by atoms with Gasteiger partial charge in [0.15, 0.2) is 0 Å². The van der Waals surface area contributed by atoms with E-state index in [0.29, 0.717) is 35.5 Å². The van der Waals surface area contributed by atoms with Gasteiger partial charge in [-0.25, -0.2) is 4.79 Å². The molecule has 1 amide bonds. The van der Waals surface area contributed by atoms with E-state index in [-0.39, 0.29) is 5.91 Å². The van der Waals surface area contributed by atoms with Crippen LogP contribution in [0.3, 0.4) is 0 Å². The highest BCUT2D eigenvalue weighted by molar-refractivity contribution is 7.21. The van der Waals surface area contributed by atoms with Crippen LogP contribution < -0.4 is 4.90 Å². The van der Waals surface area contributed by atoms with E-state index in [0.717, 1.165) is 67.0 Å². The number of amides is 1. The van der Waals surface area contributed by atoms with Crippen LogP contribution in [0.5, 0.6) is 0 Å². The number of anilines is 1. The number of likely N-dealkylation sites (N-methyl/N-ethyl adjacent to an activating group) is 1. The number of carboxylic acids is 1. The van der Waals surface area contributed by atoms with Gasteiger partial charge in [0.05, 0.1) is 22.5 Å². The van der Waals surface area contributed by atoms with E-state index in [1.165, 1.54) is 41.9 Å². The number of nitrogens with zero attached hydrogens (tertiary/aromatic N) is 4. The molecule has 2 aromatic heterocycles. The monoisotopic (exact) mass is 554 g/mol. The van der Waals surface area contributed by atoms with Crippen molar-refractivity contribution in [3.05, 3.63) is 39.7 Å². The molecule has 1 saturated carbocycles. The molecule has 202 valence electrons. The Labute approximate surface area is 232 Å². The van der Waals surface area contributed by atoms with E-state index >= 15 is 0 Å². The molecule has 1 saturated heterocycles. The van der Waals surface area contributed by atoms with Gasteiger partial charge in [-0.3, -0.25) is 4.79 Å². The number of carboxylic acid groups (broad SMARTS) is 1. The van der Waals surface area contributed by atoms with E-state index in [4.69, 9.17) is 11.6 Å². The van der Waals surface area contributed by atoms with Gasteiger partial charge in [-0.2, -0.15) is 0 Å². The number of rotatable bonds is 5. The Morgan fingerprint density at radius 3 is 2.50 bits per heavy atom. The molecule has 1 aromatic carbocycles. The van der Waals surface area contributed by atoms with Crippen LogP contribution in [0.1, 0.15) is 60.2 Å². The van der Waals surface area contributed by atoms with Crippen molar-refractivity contribution in [2.24, 2.45) is 0 Å². The van der Waals surface area contributed by atoms with E-state index in [1.807, 2.05) is 23.1 Å². The molecule has 0 bridgehead atoms. The van der Waals surface area contributed by atoms with Crippen LogP contribution in [0.25, 0.3) is 21.5 Å². The van der Waals surface area contributed by atoms with Crippen molar-refractivity contribution in [2.75, 3.05) is 50.7 Å². The molecular weight excluding hydrogens is 520 g/mol. The van der Waals surface area contributed by atoms with E-state index in [1.54, 1.807) is 0 Å². The highest BCUT2D eigenvalue weighted by Crippen LogP contribution is 2.49. The van der Waals surface area contributed by atoms with Crippen LogP contribution >= 0.6 is 22.9 Å². The van der Waals surface area contributed by atoms with E-state index in [2.05, 4.69) is 27.4 Å². The molecule has 2 aliphatic heterocycles. The number of carbonyl (C=O) groups is 2. The summed E-state index contributed by atoms with van der Waals surface area (Å²) in [6.45, 7) is 8.22. The molecule has 1 aliphatic carbocycles. The van der Waals surface area contributed by atoms with Crippen molar-refractivity contribution in [3.63, 3.8) is 0 Å². The molecule has 38 heavy (non-hydrogen) atoms. The quantitative estimate of drug-likeness (QED) is 0.435. The predicted octanol–water partition coefficient (Wildman–Crippen LogP) is 5.75. The number of hydrogen-bond donors (Lipinski definition) is 1. The third kappa shape index (κ3) is 4.61. The minimum absolute atomic E-state index is 0.152. The molecule has 4 heterocycles. The summed E-state index contributed by atoms with van der Waals surface area (Å²) in [4.78, 5) is 32.3. The molecule has 0 unspecified atom stereocenters. The van der Waals surface area contributed by atoms with E-state index < -0.39 is 5.97 Å². The van der Waals surface area contributed by atoms with Crippen molar-refractivity contribution >= 4 is 50.7 Å². The second-order valence-corrected chi connectivity index (χ2v) is 12.3. The highest BCUT2D eigenvalue weighted by atomic mass is 35.5. The van der Waals surface area contributed by atoms with Gasteiger partial charge in [-0.1, -0.05) is 37.8 Å². The van der Waals surface area contributed by atoms with Crippen LogP contribution in [0.4, 0.5) is 5.69 Å². The maximum atomic E-state index is 13.4. The molecule has 0 atom stereocenters. The molecule has 3 aliphatic rings. The molecule has 9 heteroatoms. The first-order valence-electron chi connectivity index (χ1n) is 13.9. The standard InChI is InChI=1S/C29H35ClN4O3S/c1-2-31-10-12-32(13-11-31)25(35)18-33-14-15-34-23-17-24(29(36)37)38-28(23)26(19-6-4-3-5-7-19)27(34)21-9-8-20(30)16-22(21)33/h8-9,16-17,19H,2-7,10-15,18H2,1H3,(H,36,37). The fraction of sp³-hybridized carbons (Fsp3) is 0.517. The number of hydrogen-bond acceptors (Lipinski definition) is 5. The van der Waals surface area contributed by atoms with Crippen molar-refractivity contribution in [1.82, 2.24) is 14.4 Å². The highest BCUT2D eigenvalue weighted by Gasteiger charge is 2.33. The minimum Gasteiger partial charge on any atom is -0.477 e. The number of halogens is 1. The van der Waals surface area contributed by atoms with Gasteiger partial charge >= 0.3 is 5.97 Å². The summed E-state index contributed by atoms with van der Waals surface area (Å²) < 4.78 is 3.43. The van der Waals surface area contributed by atoms with Crippen LogP contribution in [0, 0.1) is 0 Å². The number of benzene rings is 1. The average molecular weight is 555 g/mol. The van der Waals surface area contributed by atoms with Crippen LogP contribution in [-0.2, 0) is 11.3 Å². The summed E-state index contributed by atoms with van der Waals surface area (Å²) in [6, 6.07) is 7.89. The number of aromatic carboxylic acids is 1. The Hall–Kier alpha value is -2.55. The fourth-order valence-corrected chi connectivity index (χ4v) is 7.89. The van der Waals surface area contributed by atoms with E-state index in [9.17, 15) is 14.7 Å². The summed E-state index contributed by atoms with van der Waals surface area (Å²) in [5, 5.41) is 10.4. The van der Waals surface area contributed by atoms with Crippen molar-refractivity contribution in [1.29, 1.82) is 0 Å². The molecular formula is C29H35ClN4O3S. The molecule has 7 nitrogen and oxygen atoms in total. The smallest absolute Gasteiger partial charge is 0.345 e. The summed E-state index contributed by atoms with van der Waals surface area (Å²) in [5.74, 6) is -0.305. The summed E-state index contributed by atoms with van der Waals surface area (Å²) in [5.41, 5.74) is 5.58. The topological polar surface area (TPSA) is 69.0 Å². The number of thiophene rings is 1. The minimum atomic E-state index is -0.869. The van der Waals surface area contributed by atoms with Crippen molar-refractivity contribution < 1.29 is 14.7 Å². The van der Waals surface area contributed by atoms with Gasteiger partial charge in [0.1, 0.15) is 4.88 Å². The SMILES string of the molecule is CCN1CCN(C(=O)CN2CCn3c(c(C4CCCCC4)c4sc(C(=O)O)cc43)-c3ccc(Cl)cc32)CC1. The second-order valence-electron chi connectivity index (χ2n) is 10.8. The molecule has 1 N–H and O–H groups in total. The normalized spacial score (nSPS) is 18.9. The lowest BCUT2D eigenvalue weighted by atomic mass is 9.83. The van der Waals surface area contributed by atoms with Gasteiger partial charge in [-0.05, 0) is 55.1 Å². The average Bonchev–Trinajstić information content (AvgIpc) is 3.45. The van der Waals surface area contributed by atoms with Crippen LogP contribution in [0.2, 0.25) is 5.02 Å². The zero-order chi connectivity index (χ0) is 26.4. The second kappa shape index (κ2) is 10.5. The molecule has 0 spiro atoms. The summed E-state index contributed by atoms with van der Waals surface area (Å²) in [7, 11) is 0. The Bertz CT molecular complexity index is 1370. The third-order valence-electron chi connectivity index (χ3n) is 8.64. The Kier molecular flexibility index (Phi) is 7.14. The number of fused-ring (bicyclic) bond motifs is 5. The summed E-state index contributed by atoms with van der Waals surface area (Å²) in [6.07, 6.45) is 5.92. The Morgan fingerprint density at radius 2 is 1.79 bits per heavy atom. The lowest BCUT2D eigenvalue weighted by Crippen LogP contribution is -2.51. The largest absolute Gasteiger partial charge is 0.477 e.